The lowest BCUT2D eigenvalue weighted by Gasteiger charge is -2.08. The molecule has 0 aromatic heterocycles. The number of methoxy groups -OCH3 is 1. The number of nitrogens with two attached hydrogens (primary N) is 1. The van der Waals surface area contributed by atoms with Crippen molar-refractivity contribution in [2.24, 2.45) is 0 Å². The topological polar surface area (TPSA) is 89.6 Å². The molecule has 0 amide bonds. The summed E-state index contributed by atoms with van der Waals surface area (Å²) >= 11 is 0. The van der Waals surface area contributed by atoms with Gasteiger partial charge in [-0.1, -0.05) is 0 Å². The monoisotopic (exact) mass is 217 g/mol. The molecule has 1 aromatic rings. The Bertz CT molecular complexity index is 453. The minimum absolute atomic E-state index is 0.0376. The zero-order valence-corrected chi connectivity index (χ0v) is 8.63. The van der Waals surface area contributed by atoms with E-state index in [-0.39, 0.29) is 10.6 Å². The molecule has 3 N–H and O–H groups in total. The van der Waals surface area contributed by atoms with Crippen LogP contribution in [0.1, 0.15) is 5.56 Å². The lowest BCUT2D eigenvalue weighted by atomic mass is 10.2. The van der Waals surface area contributed by atoms with Crippen LogP contribution in [0.15, 0.2) is 17.0 Å². The number of anilines is 1. The van der Waals surface area contributed by atoms with E-state index in [2.05, 4.69) is 0 Å². The fraction of sp³-hybridized carbons (Fsp3) is 0.250. The van der Waals surface area contributed by atoms with Crippen LogP contribution in [-0.2, 0) is 10.1 Å². The largest absolute Gasteiger partial charge is 0.495 e. The number of benzene rings is 1. The molecule has 5 nitrogen and oxygen atoms in total. The number of hydrogen-bond donors (Lipinski definition) is 2. The molecule has 0 fully saturated rings. The molecule has 0 bridgehead atoms. The van der Waals surface area contributed by atoms with E-state index in [0.29, 0.717) is 11.3 Å². The van der Waals surface area contributed by atoms with E-state index in [1.165, 1.54) is 19.2 Å². The summed E-state index contributed by atoms with van der Waals surface area (Å²) in [7, 11) is -2.96. The quantitative estimate of drug-likeness (QED) is 0.565. The Morgan fingerprint density at radius 3 is 2.43 bits per heavy atom. The van der Waals surface area contributed by atoms with Gasteiger partial charge in [0, 0.05) is 11.8 Å². The maximum atomic E-state index is 10.9. The summed E-state index contributed by atoms with van der Waals surface area (Å²) in [5.74, 6) is 0.0376. The summed E-state index contributed by atoms with van der Waals surface area (Å²) in [6, 6.07) is 2.63. The van der Waals surface area contributed by atoms with E-state index in [4.69, 9.17) is 15.0 Å². The Balaban J connectivity index is 3.51. The van der Waals surface area contributed by atoms with Crippen LogP contribution in [-0.4, -0.2) is 20.1 Å². The van der Waals surface area contributed by atoms with Crippen molar-refractivity contribution in [1.29, 1.82) is 0 Å². The summed E-state index contributed by atoms with van der Waals surface area (Å²) < 4.78 is 35.5. The van der Waals surface area contributed by atoms with Crippen LogP contribution in [0.25, 0.3) is 0 Å². The van der Waals surface area contributed by atoms with Crippen molar-refractivity contribution >= 4 is 15.8 Å². The summed E-state index contributed by atoms with van der Waals surface area (Å²) in [5.41, 5.74) is 6.53. The number of hydrogen-bond acceptors (Lipinski definition) is 4. The average molecular weight is 217 g/mol. The molecule has 0 aliphatic carbocycles. The molecule has 1 aromatic carbocycles. The predicted octanol–water partition coefficient (Wildman–Crippen LogP) is 0.833. The fourth-order valence-electron chi connectivity index (χ4n) is 1.04. The molecule has 0 spiro atoms. The van der Waals surface area contributed by atoms with Gasteiger partial charge in [-0.25, -0.2) is 0 Å². The second-order valence-corrected chi connectivity index (χ2v) is 4.22. The van der Waals surface area contributed by atoms with E-state index in [0.717, 1.165) is 0 Å². The van der Waals surface area contributed by atoms with Crippen molar-refractivity contribution in [1.82, 2.24) is 0 Å². The molecule has 6 heteroatoms. The van der Waals surface area contributed by atoms with Crippen LogP contribution in [0.2, 0.25) is 0 Å². The van der Waals surface area contributed by atoms with Crippen LogP contribution >= 0.6 is 0 Å². The van der Waals surface area contributed by atoms with E-state index in [9.17, 15) is 8.42 Å². The fourth-order valence-corrected chi connectivity index (χ4v) is 1.76. The van der Waals surface area contributed by atoms with Crippen molar-refractivity contribution in [3.8, 4) is 5.75 Å². The first-order valence-electron chi connectivity index (χ1n) is 3.78. The summed E-state index contributed by atoms with van der Waals surface area (Å²) in [6.07, 6.45) is 0. The molecule has 78 valence electrons. The van der Waals surface area contributed by atoms with Gasteiger partial charge in [0.15, 0.2) is 0 Å². The van der Waals surface area contributed by atoms with Gasteiger partial charge in [0.05, 0.1) is 7.11 Å². The van der Waals surface area contributed by atoms with Crippen molar-refractivity contribution in [2.45, 2.75) is 11.8 Å². The van der Waals surface area contributed by atoms with Crippen LogP contribution in [0.4, 0.5) is 5.69 Å². The van der Waals surface area contributed by atoms with Crippen LogP contribution in [0.5, 0.6) is 5.75 Å². The first kappa shape index (κ1) is 10.8. The predicted molar refractivity (Wildman–Crippen MR) is 52.0 cm³/mol. The highest BCUT2D eigenvalue weighted by Gasteiger charge is 2.17. The number of aryl methyl sites for hydroxylation is 1. The number of rotatable bonds is 2. The molecule has 0 saturated heterocycles. The zero-order valence-electron chi connectivity index (χ0n) is 7.81. The molecular weight excluding hydrogens is 206 g/mol. The Labute approximate surface area is 82.2 Å². The molecule has 0 unspecified atom stereocenters. The highest BCUT2D eigenvalue weighted by atomic mass is 32.2. The number of nitrogen functional groups attached to an aromatic ring is 1. The minimum Gasteiger partial charge on any atom is -0.495 e. The van der Waals surface area contributed by atoms with E-state index < -0.39 is 10.1 Å². The molecule has 0 heterocycles. The average Bonchev–Trinajstić information content (AvgIpc) is 2.07. The highest BCUT2D eigenvalue weighted by molar-refractivity contribution is 7.86. The zero-order chi connectivity index (χ0) is 10.9. The van der Waals surface area contributed by atoms with Crippen LogP contribution in [0.3, 0.4) is 0 Å². The van der Waals surface area contributed by atoms with Gasteiger partial charge in [0.1, 0.15) is 10.6 Å². The van der Waals surface area contributed by atoms with E-state index >= 15 is 0 Å². The number of ether oxygens (including phenoxy) is 1. The van der Waals surface area contributed by atoms with Crippen molar-refractivity contribution in [2.75, 3.05) is 12.8 Å². The van der Waals surface area contributed by atoms with Crippen LogP contribution in [0, 0.1) is 6.92 Å². The highest BCUT2D eigenvalue weighted by Crippen LogP contribution is 2.28. The molecule has 0 aliphatic heterocycles. The van der Waals surface area contributed by atoms with Crippen molar-refractivity contribution in [3.05, 3.63) is 17.7 Å². The molecule has 14 heavy (non-hydrogen) atoms. The smallest absolute Gasteiger partial charge is 0.298 e. The van der Waals surface area contributed by atoms with Crippen LogP contribution < -0.4 is 10.5 Å². The Hall–Kier alpha value is -1.27. The normalized spacial score (nSPS) is 11.4. The molecule has 0 radical (unpaired) electrons. The lowest BCUT2D eigenvalue weighted by molar-refractivity contribution is 0.397. The second kappa shape index (κ2) is 3.47. The summed E-state index contributed by atoms with van der Waals surface area (Å²) in [4.78, 5) is -0.272. The van der Waals surface area contributed by atoms with E-state index in [1.807, 2.05) is 0 Å². The van der Waals surface area contributed by atoms with E-state index in [1.54, 1.807) is 6.92 Å². The molecule has 0 atom stereocenters. The minimum atomic E-state index is -4.27. The third-order valence-electron chi connectivity index (χ3n) is 1.83. The first-order valence-corrected chi connectivity index (χ1v) is 5.22. The Morgan fingerprint density at radius 2 is 2.00 bits per heavy atom. The Morgan fingerprint density at radius 1 is 1.43 bits per heavy atom. The standard InChI is InChI=1S/C8H11NO4S/c1-5-3-8(14(10,11)12)7(13-2)4-6(5)9/h3-4H,9H2,1-2H3,(H,10,11,12). The van der Waals surface area contributed by atoms with Crippen molar-refractivity contribution in [3.63, 3.8) is 0 Å². The van der Waals surface area contributed by atoms with Gasteiger partial charge in [-0.05, 0) is 18.6 Å². The maximum absolute atomic E-state index is 10.9. The van der Waals surface area contributed by atoms with Gasteiger partial charge in [0.25, 0.3) is 10.1 Å². The van der Waals surface area contributed by atoms with Gasteiger partial charge in [-0.15, -0.1) is 0 Å². The second-order valence-electron chi connectivity index (χ2n) is 2.83. The SMILES string of the molecule is COc1cc(N)c(C)cc1S(=O)(=O)O. The third kappa shape index (κ3) is 1.97. The molecule has 1 rings (SSSR count). The lowest BCUT2D eigenvalue weighted by Crippen LogP contribution is -2.03. The summed E-state index contributed by atoms with van der Waals surface area (Å²) in [5, 5.41) is 0. The van der Waals surface area contributed by atoms with Gasteiger partial charge in [-0.3, -0.25) is 4.55 Å². The first-order chi connectivity index (χ1) is 6.36. The molecule has 0 aliphatic rings. The van der Waals surface area contributed by atoms with Gasteiger partial charge >= 0.3 is 0 Å². The third-order valence-corrected chi connectivity index (χ3v) is 2.71. The summed E-state index contributed by atoms with van der Waals surface area (Å²) in [6.45, 7) is 1.64. The van der Waals surface area contributed by atoms with Crippen molar-refractivity contribution < 1.29 is 17.7 Å². The maximum Gasteiger partial charge on any atom is 0.298 e. The van der Waals surface area contributed by atoms with Gasteiger partial charge in [0.2, 0.25) is 0 Å². The van der Waals surface area contributed by atoms with Gasteiger partial charge in [-0.2, -0.15) is 8.42 Å². The molecular formula is C8H11NO4S. The molecule has 0 saturated carbocycles. The Kier molecular flexibility index (Phi) is 2.68. The van der Waals surface area contributed by atoms with Gasteiger partial charge < -0.3 is 10.5 Å².